The number of fused-ring (bicyclic) bond motifs is 1. The molecule has 0 fully saturated rings. The summed E-state index contributed by atoms with van der Waals surface area (Å²) in [5, 5.41) is 16.2. The largest absolute Gasteiger partial charge is 0.490 e. The van der Waals surface area contributed by atoms with Gasteiger partial charge in [-0.05, 0) is 61.0 Å². The number of aliphatic imine (C=N–C) groups is 1. The second-order valence-electron chi connectivity index (χ2n) is 7.26. The van der Waals surface area contributed by atoms with Crippen LogP contribution in [0.5, 0.6) is 17.2 Å². The molecule has 182 valence electrons. The minimum Gasteiger partial charge on any atom is -0.490 e. The number of benzene rings is 2. The van der Waals surface area contributed by atoms with Crippen LogP contribution in [0.4, 0.5) is 0 Å². The second-order valence-corrected chi connectivity index (χ2v) is 9.11. The fourth-order valence-electron chi connectivity index (χ4n) is 3.27. The number of ether oxygens (including phenoxy) is 3. The van der Waals surface area contributed by atoms with Crippen molar-refractivity contribution in [3.63, 3.8) is 0 Å². The lowest BCUT2D eigenvalue weighted by molar-refractivity contribution is -0.114. The lowest BCUT2D eigenvalue weighted by Gasteiger charge is -2.20. The third-order valence-electron chi connectivity index (χ3n) is 4.87. The summed E-state index contributed by atoms with van der Waals surface area (Å²) in [6.45, 7) is 4.63. The Balaban J connectivity index is 1.52. The molecule has 8 nitrogen and oxygen atoms in total. The summed E-state index contributed by atoms with van der Waals surface area (Å²) in [5.41, 5.74) is 0.673. The van der Waals surface area contributed by atoms with Crippen molar-refractivity contribution < 1.29 is 19.0 Å². The van der Waals surface area contributed by atoms with E-state index in [2.05, 4.69) is 10.1 Å². The molecule has 2 aliphatic heterocycles. The van der Waals surface area contributed by atoms with E-state index in [-0.39, 0.29) is 24.6 Å². The molecular weight excluding hydrogens is 511 g/mol. The van der Waals surface area contributed by atoms with Crippen molar-refractivity contribution in [3.05, 3.63) is 57.6 Å². The van der Waals surface area contributed by atoms with E-state index >= 15 is 0 Å². The van der Waals surface area contributed by atoms with Gasteiger partial charge in [0.15, 0.2) is 17.3 Å². The molecule has 2 aromatic rings. The first-order chi connectivity index (χ1) is 16.9. The molecule has 2 heterocycles. The summed E-state index contributed by atoms with van der Waals surface area (Å²) in [6.07, 6.45) is 2.24. The van der Waals surface area contributed by atoms with Gasteiger partial charge in [0.2, 0.25) is 5.17 Å². The van der Waals surface area contributed by atoms with E-state index < -0.39 is 5.91 Å². The summed E-state index contributed by atoms with van der Waals surface area (Å²) in [5.74, 6) is 0.783. The zero-order valence-electron chi connectivity index (χ0n) is 19.0. The Hall–Kier alpha value is -3.01. The third kappa shape index (κ3) is 5.63. The van der Waals surface area contributed by atoms with Crippen LogP contribution in [0.2, 0.25) is 10.0 Å². The molecule has 0 unspecified atom stereocenters. The molecule has 1 amide bonds. The normalized spacial score (nSPS) is 16.2. The second kappa shape index (κ2) is 11.2. The predicted octanol–water partition coefficient (Wildman–Crippen LogP) is 5.88. The number of para-hydroxylation sites is 1. The van der Waals surface area contributed by atoms with Crippen molar-refractivity contribution in [2.75, 3.05) is 19.8 Å². The molecule has 0 spiro atoms. The lowest BCUT2D eigenvalue weighted by Crippen LogP contribution is -2.35. The van der Waals surface area contributed by atoms with Gasteiger partial charge >= 0.3 is 0 Å². The van der Waals surface area contributed by atoms with Crippen molar-refractivity contribution in [1.29, 1.82) is 5.41 Å². The predicted molar refractivity (Wildman–Crippen MR) is 140 cm³/mol. The first-order valence-electron chi connectivity index (χ1n) is 10.9. The van der Waals surface area contributed by atoms with Gasteiger partial charge in [0.05, 0.1) is 22.2 Å². The van der Waals surface area contributed by atoms with Gasteiger partial charge < -0.3 is 14.2 Å². The monoisotopic (exact) mass is 532 g/mol. The molecule has 4 rings (SSSR count). The van der Waals surface area contributed by atoms with E-state index in [1.54, 1.807) is 30.3 Å². The first kappa shape index (κ1) is 25.1. The van der Waals surface area contributed by atoms with Crippen molar-refractivity contribution in [2.24, 2.45) is 10.1 Å². The average Bonchev–Trinajstić information content (AvgIpc) is 3.25. The lowest BCUT2D eigenvalue weighted by atomic mass is 10.1. The Morgan fingerprint density at radius 2 is 1.83 bits per heavy atom. The van der Waals surface area contributed by atoms with Gasteiger partial charge in [0.1, 0.15) is 24.0 Å². The van der Waals surface area contributed by atoms with Gasteiger partial charge in [0, 0.05) is 0 Å². The van der Waals surface area contributed by atoms with Gasteiger partial charge in [-0.3, -0.25) is 10.2 Å². The quantitative estimate of drug-likeness (QED) is 0.320. The molecule has 0 atom stereocenters. The Kier molecular flexibility index (Phi) is 8.00. The van der Waals surface area contributed by atoms with E-state index in [4.69, 9.17) is 42.8 Å². The molecule has 0 bridgehead atoms. The molecule has 0 radical (unpaired) electrons. The summed E-state index contributed by atoms with van der Waals surface area (Å²) < 4.78 is 17.2. The number of nitrogens with zero attached hydrogens (tertiary/aromatic N) is 3. The Morgan fingerprint density at radius 1 is 1.06 bits per heavy atom. The van der Waals surface area contributed by atoms with Gasteiger partial charge in [-0.1, -0.05) is 42.3 Å². The Morgan fingerprint density at radius 3 is 2.57 bits per heavy atom. The Bertz CT molecular complexity index is 1260. The van der Waals surface area contributed by atoms with Crippen LogP contribution in [0, 0.1) is 5.41 Å². The highest BCUT2D eigenvalue weighted by molar-refractivity contribution is 8.26. The van der Waals surface area contributed by atoms with Crippen LogP contribution in [0.1, 0.15) is 25.8 Å². The van der Waals surface area contributed by atoms with Gasteiger partial charge in [-0.2, -0.15) is 15.1 Å². The zero-order chi connectivity index (χ0) is 24.9. The number of carbonyl (C=O) groups is 1. The molecule has 1 N–H and O–H groups in total. The number of carbonyl (C=O) groups excluding carboxylic acids is 1. The molecule has 11 heteroatoms. The van der Waals surface area contributed by atoms with E-state index in [1.807, 2.05) is 26.0 Å². The fourth-order valence-corrected chi connectivity index (χ4v) is 4.56. The SMILES string of the molecule is CCOc1cc(/C=C2/C(=N)N3N=C(CC)SC3=NC2=O)cc(Cl)c1OCCOc1ccccc1Cl. The topological polar surface area (TPSA) is 96.6 Å². The molecule has 35 heavy (non-hydrogen) atoms. The van der Waals surface area contributed by atoms with E-state index in [0.717, 1.165) is 5.04 Å². The number of thioether (sulfide) groups is 1. The van der Waals surface area contributed by atoms with Crippen LogP contribution in [0.25, 0.3) is 6.08 Å². The Labute approximate surface area is 217 Å². The highest BCUT2D eigenvalue weighted by Gasteiger charge is 2.35. The maximum absolute atomic E-state index is 12.6. The summed E-state index contributed by atoms with van der Waals surface area (Å²) in [4.78, 5) is 16.7. The summed E-state index contributed by atoms with van der Waals surface area (Å²) >= 11 is 13.9. The van der Waals surface area contributed by atoms with E-state index in [1.165, 1.54) is 16.8 Å². The minimum absolute atomic E-state index is 0.0397. The van der Waals surface area contributed by atoms with E-state index in [9.17, 15) is 4.79 Å². The van der Waals surface area contributed by atoms with Gasteiger partial charge in [-0.15, -0.1) is 0 Å². The number of amides is 1. The number of nitrogens with one attached hydrogen (secondary N) is 1. The smallest absolute Gasteiger partial charge is 0.283 e. The zero-order valence-corrected chi connectivity index (χ0v) is 21.3. The number of halogens is 2. The molecule has 0 aromatic heterocycles. The molecule has 0 saturated carbocycles. The number of hydrogen-bond donors (Lipinski definition) is 1. The van der Waals surface area contributed by atoms with Crippen LogP contribution in [-0.4, -0.2) is 46.8 Å². The summed E-state index contributed by atoms with van der Waals surface area (Å²) in [6, 6.07) is 10.5. The number of hydrazone groups is 1. The minimum atomic E-state index is -0.507. The van der Waals surface area contributed by atoms with Crippen LogP contribution >= 0.6 is 35.0 Å². The standard InChI is InChI=1S/C24H22Cl2N4O4S/c1-3-20-29-30-22(27)15(23(31)28-24(30)35-20)11-14-12-17(26)21(19(13-14)32-4-2)34-10-9-33-18-8-6-5-7-16(18)25/h5-8,11-13,27H,3-4,9-10H2,1-2H3/b15-11-,27-22?. The molecular formula is C24H22Cl2N4O4S. The van der Waals surface area contributed by atoms with Crippen LogP contribution in [0.3, 0.4) is 0 Å². The van der Waals surface area contributed by atoms with Crippen molar-refractivity contribution in [2.45, 2.75) is 20.3 Å². The van der Waals surface area contributed by atoms with Crippen molar-refractivity contribution in [3.8, 4) is 17.2 Å². The third-order valence-corrected chi connectivity index (χ3v) is 6.51. The summed E-state index contributed by atoms with van der Waals surface area (Å²) in [7, 11) is 0. The van der Waals surface area contributed by atoms with Gasteiger partial charge in [0.25, 0.3) is 5.91 Å². The van der Waals surface area contributed by atoms with Crippen LogP contribution in [-0.2, 0) is 4.79 Å². The molecule has 2 aromatic carbocycles. The fraction of sp³-hybridized carbons (Fsp3) is 0.250. The number of rotatable bonds is 9. The van der Waals surface area contributed by atoms with Crippen LogP contribution in [0.15, 0.2) is 52.1 Å². The number of amidine groups is 2. The maximum Gasteiger partial charge on any atom is 0.283 e. The first-order valence-corrected chi connectivity index (χ1v) is 12.4. The highest BCUT2D eigenvalue weighted by Crippen LogP contribution is 2.38. The molecule has 2 aliphatic rings. The molecule has 0 aliphatic carbocycles. The van der Waals surface area contributed by atoms with Crippen LogP contribution < -0.4 is 14.2 Å². The maximum atomic E-state index is 12.6. The highest BCUT2D eigenvalue weighted by atomic mass is 35.5. The average molecular weight is 533 g/mol. The van der Waals surface area contributed by atoms with Gasteiger partial charge in [-0.25, -0.2) is 0 Å². The van der Waals surface area contributed by atoms with Crippen molar-refractivity contribution in [1.82, 2.24) is 5.01 Å². The number of hydrogen-bond acceptors (Lipinski definition) is 7. The molecule has 0 saturated heterocycles. The van der Waals surface area contributed by atoms with E-state index in [0.29, 0.717) is 51.1 Å². The van der Waals surface area contributed by atoms with Crippen molar-refractivity contribution >= 4 is 63.0 Å².